The average Bonchev–Trinajstić information content (AvgIpc) is 4.28. The molecule has 12 heteroatoms. The summed E-state index contributed by atoms with van der Waals surface area (Å²) in [5.74, 6) is 2.98. The Labute approximate surface area is 441 Å². The lowest BCUT2D eigenvalue weighted by atomic mass is 10.0. The van der Waals surface area contributed by atoms with E-state index in [4.69, 9.17) is 33.1 Å². The van der Waals surface area contributed by atoms with Crippen LogP contribution >= 0.6 is 0 Å². The highest BCUT2D eigenvalue weighted by Crippen LogP contribution is 2.40. The van der Waals surface area contributed by atoms with Crippen molar-refractivity contribution in [2.75, 3.05) is 39.3 Å². The summed E-state index contributed by atoms with van der Waals surface area (Å²) in [4.78, 5) is 18.7. The number of hydrogen-bond acceptors (Lipinski definition) is 9. The third-order valence-electron chi connectivity index (χ3n) is 13.1. The van der Waals surface area contributed by atoms with Gasteiger partial charge in [0.15, 0.2) is 0 Å². The topological polar surface area (TPSA) is 138 Å². The lowest BCUT2D eigenvalue weighted by Gasteiger charge is -2.10. The molecule has 0 fully saturated rings. The average molecular weight is 1030 g/mol. The molecular formula is C63H68N4O7S. The van der Waals surface area contributed by atoms with Crippen LogP contribution in [0.3, 0.4) is 0 Å². The number of hydrogen-bond donors (Lipinski definition) is 2. The predicted molar refractivity (Wildman–Crippen MR) is 307 cm³/mol. The summed E-state index contributed by atoms with van der Waals surface area (Å²) in [6, 6.07) is 41.0. The molecule has 5 heterocycles. The first kappa shape index (κ1) is 52.5. The summed E-state index contributed by atoms with van der Waals surface area (Å²) in [6.07, 6.45) is 21.1. The molecule has 0 atom stereocenters. The Morgan fingerprint density at radius 1 is 0.387 bits per heavy atom. The molecule has 11 nitrogen and oxygen atoms in total. The first-order valence-electron chi connectivity index (χ1n) is 26.6. The molecule has 8 bridgehead atoms. The van der Waals surface area contributed by atoms with Crippen LogP contribution in [0.4, 0.5) is 0 Å². The van der Waals surface area contributed by atoms with Crippen LogP contribution in [0.5, 0.6) is 23.0 Å². The fraction of sp³-hybridized carbons (Fsp3) is 0.302. The summed E-state index contributed by atoms with van der Waals surface area (Å²) in [7, 11) is -3.62. The van der Waals surface area contributed by atoms with Gasteiger partial charge in [-0.1, -0.05) is 114 Å². The smallest absolute Gasteiger partial charge is 0.264 e. The SMILES string of the molecule is CCCCCCCCCCOc1ccc(-c2c3nc(c(-c4cccc(OCCOS(C)(=O)=O)c4)c4ccc([nH]4)c(-c4ccc(OCCC)cc4)c4nc(c(-c5cccc(OCCC)c5)c5ccc2[nH]5)C=C4)C=C3)cc1. The normalized spacial score (nSPS) is 12.1. The van der Waals surface area contributed by atoms with Gasteiger partial charge in [0.25, 0.3) is 10.1 Å². The molecule has 0 spiro atoms. The Bertz CT molecular complexity index is 3410. The molecule has 3 aromatic heterocycles. The number of fused-ring (bicyclic) bond motifs is 8. The Hall–Kier alpha value is -7.41. The number of rotatable bonds is 25. The quantitative estimate of drug-likeness (QED) is 0.0423. The number of nitrogens with one attached hydrogen (secondary N) is 2. The summed E-state index contributed by atoms with van der Waals surface area (Å²) in [5.41, 5.74) is 13.9. The number of aromatic nitrogens is 4. The third-order valence-corrected chi connectivity index (χ3v) is 13.7. The van der Waals surface area contributed by atoms with Crippen molar-refractivity contribution in [1.82, 2.24) is 19.9 Å². The Morgan fingerprint density at radius 3 is 1.20 bits per heavy atom. The van der Waals surface area contributed by atoms with E-state index in [0.29, 0.717) is 25.6 Å². The van der Waals surface area contributed by atoms with Gasteiger partial charge in [0.1, 0.15) is 36.2 Å². The summed E-state index contributed by atoms with van der Waals surface area (Å²) < 4.78 is 53.0. The van der Waals surface area contributed by atoms with Crippen molar-refractivity contribution in [2.24, 2.45) is 0 Å². The van der Waals surface area contributed by atoms with Crippen LogP contribution < -0.4 is 18.9 Å². The van der Waals surface area contributed by atoms with Crippen molar-refractivity contribution in [3.05, 3.63) is 144 Å². The molecule has 0 saturated carbocycles. The van der Waals surface area contributed by atoms with Gasteiger partial charge in [-0.3, -0.25) is 4.18 Å². The summed E-state index contributed by atoms with van der Waals surface area (Å²) in [5, 5.41) is 0. The van der Waals surface area contributed by atoms with Crippen molar-refractivity contribution < 1.29 is 31.5 Å². The largest absolute Gasteiger partial charge is 0.494 e. The van der Waals surface area contributed by atoms with E-state index in [-0.39, 0.29) is 13.2 Å². The molecule has 4 aromatic carbocycles. The maximum absolute atomic E-state index is 11.7. The fourth-order valence-electron chi connectivity index (χ4n) is 9.55. The summed E-state index contributed by atoms with van der Waals surface area (Å²) in [6.45, 7) is 8.32. The fourth-order valence-corrected chi connectivity index (χ4v) is 9.92. The molecule has 0 radical (unpaired) electrons. The van der Waals surface area contributed by atoms with Crippen molar-refractivity contribution in [1.29, 1.82) is 0 Å². The molecule has 2 N–H and O–H groups in total. The van der Waals surface area contributed by atoms with E-state index >= 15 is 0 Å². The standard InChI is InChI=1S/C63H68N4O7S/c1-5-8-9-10-11-12-13-14-39-72-49-27-23-45(24-28-49)61-54-30-34-57(65-54)62(46-17-15-19-50(42-46)71-38-7-3)56-33-29-52(64-56)60(44-21-25-48(26-22-44)70-37-6-2)53-31-35-58(66-53)63(59-36-32-55(61)67-59)47-18-16-20-51(43-47)73-40-41-74-75(4,68)69/h15-36,42-43,65-66H,5-14,37-41H2,1-4H3. The van der Waals surface area contributed by atoms with E-state index in [1.54, 1.807) is 0 Å². The zero-order chi connectivity index (χ0) is 52.0. The molecule has 388 valence electrons. The second-order valence-corrected chi connectivity index (χ2v) is 20.6. The molecule has 0 amide bonds. The first-order chi connectivity index (χ1) is 36.7. The van der Waals surface area contributed by atoms with Crippen molar-refractivity contribution in [2.45, 2.75) is 85.0 Å². The van der Waals surface area contributed by atoms with Gasteiger partial charge in [-0.2, -0.15) is 8.42 Å². The lowest BCUT2D eigenvalue weighted by molar-refractivity contribution is 0.222. The minimum absolute atomic E-state index is 0.0448. The Morgan fingerprint density at radius 2 is 0.773 bits per heavy atom. The van der Waals surface area contributed by atoms with E-state index in [1.807, 2.05) is 48.5 Å². The number of ether oxygens (including phenoxy) is 4. The third kappa shape index (κ3) is 13.5. The van der Waals surface area contributed by atoms with Gasteiger partial charge in [-0.15, -0.1) is 0 Å². The van der Waals surface area contributed by atoms with Crippen LogP contribution in [-0.4, -0.2) is 67.6 Å². The van der Waals surface area contributed by atoms with Crippen LogP contribution in [0.15, 0.2) is 121 Å². The minimum Gasteiger partial charge on any atom is -0.494 e. The van der Waals surface area contributed by atoms with Crippen LogP contribution in [0.25, 0.3) is 90.9 Å². The molecule has 2 aliphatic heterocycles. The first-order valence-corrected chi connectivity index (χ1v) is 28.4. The maximum Gasteiger partial charge on any atom is 0.264 e. The Kier molecular flexibility index (Phi) is 17.6. The second kappa shape index (κ2) is 25.2. The zero-order valence-corrected chi connectivity index (χ0v) is 44.4. The van der Waals surface area contributed by atoms with E-state index < -0.39 is 10.1 Å². The van der Waals surface area contributed by atoms with Gasteiger partial charge in [0.2, 0.25) is 0 Å². The Balaban J connectivity index is 1.24. The van der Waals surface area contributed by atoms with Crippen molar-refractivity contribution >= 4 is 56.5 Å². The molecule has 2 aliphatic rings. The summed E-state index contributed by atoms with van der Waals surface area (Å²) >= 11 is 0. The number of nitrogens with zero attached hydrogens (tertiary/aromatic N) is 2. The second-order valence-electron chi connectivity index (χ2n) is 19.0. The monoisotopic (exact) mass is 1020 g/mol. The molecular weight excluding hydrogens is 957 g/mol. The van der Waals surface area contributed by atoms with Crippen molar-refractivity contribution in [3.63, 3.8) is 0 Å². The van der Waals surface area contributed by atoms with E-state index in [1.165, 1.54) is 44.9 Å². The zero-order valence-electron chi connectivity index (χ0n) is 43.6. The molecule has 9 rings (SSSR count). The van der Waals surface area contributed by atoms with Gasteiger partial charge < -0.3 is 28.9 Å². The van der Waals surface area contributed by atoms with Gasteiger partial charge in [-0.05, 0) is 139 Å². The van der Waals surface area contributed by atoms with E-state index in [0.717, 1.165) is 132 Å². The molecule has 0 aliphatic carbocycles. The van der Waals surface area contributed by atoms with Crippen LogP contribution in [-0.2, 0) is 14.3 Å². The number of H-pyrrole nitrogens is 2. The maximum atomic E-state index is 11.7. The van der Waals surface area contributed by atoms with Crippen LogP contribution in [0, 0.1) is 0 Å². The lowest BCUT2D eigenvalue weighted by Crippen LogP contribution is -2.11. The predicted octanol–water partition coefficient (Wildman–Crippen LogP) is 15.8. The van der Waals surface area contributed by atoms with Gasteiger partial charge in [0.05, 0.1) is 48.9 Å². The van der Waals surface area contributed by atoms with Gasteiger partial charge in [0, 0.05) is 44.3 Å². The van der Waals surface area contributed by atoms with Crippen LogP contribution in [0.2, 0.25) is 0 Å². The van der Waals surface area contributed by atoms with Crippen LogP contribution in [0.1, 0.15) is 108 Å². The highest BCUT2D eigenvalue weighted by molar-refractivity contribution is 7.85. The molecule has 0 saturated heterocycles. The highest BCUT2D eigenvalue weighted by atomic mass is 32.2. The molecule has 0 unspecified atom stereocenters. The van der Waals surface area contributed by atoms with Crippen molar-refractivity contribution in [3.8, 4) is 67.5 Å². The van der Waals surface area contributed by atoms with E-state index in [9.17, 15) is 8.42 Å². The minimum atomic E-state index is -3.62. The van der Waals surface area contributed by atoms with Gasteiger partial charge in [-0.25, -0.2) is 9.97 Å². The number of benzene rings is 4. The molecule has 75 heavy (non-hydrogen) atoms. The number of unbranched alkanes of at least 4 members (excludes halogenated alkanes) is 7. The molecule has 7 aromatic rings. The van der Waals surface area contributed by atoms with Gasteiger partial charge >= 0.3 is 0 Å². The number of aromatic amines is 2. The van der Waals surface area contributed by atoms with E-state index in [2.05, 4.69) is 128 Å². The highest BCUT2D eigenvalue weighted by Gasteiger charge is 2.20.